The van der Waals surface area contributed by atoms with Crippen LogP contribution in [-0.2, 0) is 21.0 Å². The Hall–Kier alpha value is -7.74. The Balaban J connectivity index is 0.883. The van der Waals surface area contributed by atoms with Crippen LogP contribution >= 0.6 is 34.4 Å². The number of hydrogen-bond acceptors (Lipinski definition) is 8. The minimum atomic E-state index is -1.22. The van der Waals surface area contributed by atoms with Gasteiger partial charge in [0, 0.05) is 63.9 Å². The zero-order valence-corrected chi connectivity index (χ0v) is 53.7. The van der Waals surface area contributed by atoms with Crippen LogP contribution in [0.3, 0.4) is 0 Å². The number of anilines is 3. The summed E-state index contributed by atoms with van der Waals surface area (Å²) in [6.07, 6.45) is 13.3. The van der Waals surface area contributed by atoms with Crippen LogP contribution in [0.5, 0.6) is 0 Å². The van der Waals surface area contributed by atoms with E-state index in [1.54, 1.807) is 0 Å². The van der Waals surface area contributed by atoms with Gasteiger partial charge in [-0.05, 0) is 179 Å². The highest BCUT2D eigenvalue weighted by Gasteiger charge is 2.47. The number of nitrogens with zero attached hydrogens (tertiary/aromatic N) is 4. The van der Waals surface area contributed by atoms with E-state index in [4.69, 9.17) is 8.75 Å². The molecule has 0 saturated heterocycles. The van der Waals surface area contributed by atoms with E-state index in [2.05, 4.69) is 195 Å². The highest BCUT2D eigenvalue weighted by molar-refractivity contribution is 7.18. The lowest BCUT2D eigenvalue weighted by molar-refractivity contribution is -0.132. The minimum absolute atomic E-state index is 0.0861. The van der Waals surface area contributed by atoms with Crippen LogP contribution in [0.2, 0.25) is 0 Å². The molecule has 0 radical (unpaired) electrons. The summed E-state index contributed by atoms with van der Waals surface area (Å²) in [7, 11) is 0. The van der Waals surface area contributed by atoms with Gasteiger partial charge in [0.25, 0.3) is 0 Å². The Bertz CT molecular complexity index is 4290. The largest absolute Gasteiger partial charge is 0.477 e. The maximum Gasteiger partial charge on any atom is 0.346 e. The molecule has 0 unspecified atom stereocenters. The molecule has 3 aromatic heterocycles. The van der Waals surface area contributed by atoms with Gasteiger partial charge in [-0.2, -0.15) is 14.0 Å². The average molecular weight is 1180 g/mol. The first-order valence-electron chi connectivity index (χ1n) is 30.9. The lowest BCUT2D eigenvalue weighted by Gasteiger charge is -2.30. The minimum Gasteiger partial charge on any atom is -0.477 e. The molecule has 432 valence electrons. The number of carboxylic acid groups (broad SMARTS) is 1. The van der Waals surface area contributed by atoms with Crippen LogP contribution in [0, 0.1) is 39.0 Å². The standard InChI is InChI=1S/C77H74N4O2S3/c1-11-13-15-17-33-77(34-18-16-14-12-2)72-60(42-66(84-72)51-21-19-49(20-22-51)39-52(44-78)74(82)83)61-43-67(85-73(61)77)59-32-31-56(70-71(59)80-86-79-70)50-23-25-53(26-24-50)81(54-27-29-57-62(40-54)75(7,8)64-37-45(3)35-47(5)68(57)64)55-28-30-58-63(41-55)76(9,10)65-38-46(4)36-48(6)69(58)65/h19-32,35-43H,11-18,33-34H2,1-10H3,(H,82,83)/b52-39+. The summed E-state index contributed by atoms with van der Waals surface area (Å²) >= 11 is 5.20. The van der Waals surface area contributed by atoms with Crippen molar-refractivity contribution in [2.45, 2.75) is 150 Å². The van der Waals surface area contributed by atoms with Gasteiger partial charge in [-0.3, -0.25) is 0 Å². The number of fused-ring (bicyclic) bond motifs is 10. The van der Waals surface area contributed by atoms with E-state index in [1.807, 2.05) is 40.9 Å². The Morgan fingerprint density at radius 3 is 1.53 bits per heavy atom. The van der Waals surface area contributed by atoms with Crippen molar-refractivity contribution in [3.05, 3.63) is 199 Å². The third-order valence-corrected chi connectivity index (χ3v) is 22.5. The predicted octanol–water partition coefficient (Wildman–Crippen LogP) is 22.3. The maximum absolute atomic E-state index is 11.7. The van der Waals surface area contributed by atoms with Crippen LogP contribution in [0.25, 0.3) is 82.5 Å². The van der Waals surface area contributed by atoms with Crippen molar-refractivity contribution < 1.29 is 9.90 Å². The predicted molar refractivity (Wildman–Crippen MR) is 363 cm³/mol. The molecule has 6 nitrogen and oxygen atoms in total. The van der Waals surface area contributed by atoms with E-state index in [1.165, 1.54) is 167 Å². The second kappa shape index (κ2) is 22.2. The molecule has 0 atom stereocenters. The second-order valence-electron chi connectivity index (χ2n) is 25.7. The lowest BCUT2D eigenvalue weighted by atomic mass is 9.77. The summed E-state index contributed by atoms with van der Waals surface area (Å²) in [5.41, 5.74) is 28.5. The van der Waals surface area contributed by atoms with Crippen LogP contribution in [0.1, 0.15) is 166 Å². The van der Waals surface area contributed by atoms with Crippen LogP contribution in [0.4, 0.5) is 17.1 Å². The van der Waals surface area contributed by atoms with E-state index in [0.717, 1.165) is 63.2 Å². The summed E-state index contributed by atoms with van der Waals surface area (Å²) in [5.74, 6) is -1.22. The van der Waals surface area contributed by atoms with Gasteiger partial charge < -0.3 is 10.0 Å². The number of benzene rings is 7. The molecular formula is C77H74N4O2S3. The smallest absolute Gasteiger partial charge is 0.346 e. The molecule has 13 rings (SSSR count). The Labute approximate surface area is 519 Å². The first-order chi connectivity index (χ1) is 41.4. The zero-order chi connectivity index (χ0) is 60.0. The second-order valence-corrected chi connectivity index (χ2v) is 28.4. The summed E-state index contributed by atoms with van der Waals surface area (Å²) in [6, 6.07) is 52.1. The van der Waals surface area contributed by atoms with E-state index >= 15 is 0 Å². The Kier molecular flexibility index (Phi) is 14.8. The van der Waals surface area contributed by atoms with Gasteiger partial charge in [-0.25, -0.2) is 4.79 Å². The monoisotopic (exact) mass is 1180 g/mol. The van der Waals surface area contributed by atoms with Gasteiger partial charge in [-0.1, -0.05) is 189 Å². The number of unbranched alkanes of at least 4 members (excludes halogenated alkanes) is 6. The van der Waals surface area contributed by atoms with Crippen molar-refractivity contribution in [3.63, 3.8) is 0 Å². The molecule has 0 fully saturated rings. The number of thiophene rings is 2. The SMILES string of the molecule is CCCCCCC1(CCCCCC)c2sc(-c3ccc(/C=C(\C#N)C(=O)O)cc3)cc2-c2cc(-c3ccc(-c4ccc(N(c5ccc6c(c5)C(C)(C)c5cc(C)cc(C)c5-6)c5ccc6c(c5)C(C)(C)c5cc(C)cc(C)c5-6)cc4)c4nsnc34)sc21. The van der Waals surface area contributed by atoms with Gasteiger partial charge in [0.1, 0.15) is 22.7 Å². The van der Waals surface area contributed by atoms with E-state index in [-0.39, 0.29) is 21.8 Å². The van der Waals surface area contributed by atoms with Gasteiger partial charge in [0.05, 0.1) is 11.7 Å². The molecule has 3 heterocycles. The third-order valence-electron chi connectivity index (χ3n) is 19.2. The molecule has 1 N–H and O–H groups in total. The topological polar surface area (TPSA) is 90.1 Å². The number of hydrogen-bond donors (Lipinski definition) is 1. The third kappa shape index (κ3) is 9.50. The molecular weight excluding hydrogens is 1110 g/mol. The molecule has 3 aliphatic carbocycles. The van der Waals surface area contributed by atoms with Gasteiger partial charge >= 0.3 is 5.97 Å². The molecule has 0 saturated carbocycles. The first-order valence-corrected chi connectivity index (χ1v) is 33.3. The van der Waals surface area contributed by atoms with Crippen LogP contribution < -0.4 is 4.90 Å². The summed E-state index contributed by atoms with van der Waals surface area (Å²) in [6.45, 7) is 23.1. The van der Waals surface area contributed by atoms with Gasteiger partial charge in [-0.15, -0.1) is 22.7 Å². The molecule has 10 aromatic rings. The normalized spacial score (nSPS) is 14.6. The van der Waals surface area contributed by atoms with E-state index in [9.17, 15) is 15.2 Å². The van der Waals surface area contributed by atoms with E-state index in [0.29, 0.717) is 5.56 Å². The zero-order valence-electron chi connectivity index (χ0n) is 51.2. The highest BCUT2D eigenvalue weighted by Crippen LogP contribution is 2.63. The molecule has 0 bridgehead atoms. The molecule has 3 aliphatic rings. The number of aromatic nitrogens is 2. The number of aliphatic carboxylic acids is 1. The quantitative estimate of drug-likeness (QED) is 0.0523. The molecule has 7 aromatic carbocycles. The number of aryl methyl sites for hydroxylation is 4. The molecule has 0 aliphatic heterocycles. The van der Waals surface area contributed by atoms with Crippen molar-refractivity contribution in [1.29, 1.82) is 5.26 Å². The van der Waals surface area contributed by atoms with E-state index < -0.39 is 5.97 Å². The summed E-state index contributed by atoms with van der Waals surface area (Å²) in [4.78, 5) is 19.5. The van der Waals surface area contributed by atoms with Crippen LogP contribution in [0.15, 0.2) is 139 Å². The maximum atomic E-state index is 11.7. The number of carbonyl (C=O) groups is 1. The molecule has 0 spiro atoms. The average Bonchev–Trinajstić information content (AvgIpc) is 1.62. The fraction of sp³-hybridized carbons (Fsp3) is 0.299. The Morgan fingerprint density at radius 1 is 0.535 bits per heavy atom. The highest BCUT2D eigenvalue weighted by atomic mass is 32.1. The fourth-order valence-corrected chi connectivity index (χ4v) is 18.4. The van der Waals surface area contributed by atoms with Crippen molar-refractivity contribution >= 4 is 74.5 Å². The fourth-order valence-electron chi connectivity index (χ4n) is 14.9. The summed E-state index contributed by atoms with van der Waals surface area (Å²) in [5, 5.41) is 19.0. The number of carboxylic acids is 1. The lowest BCUT2D eigenvalue weighted by Crippen LogP contribution is -2.23. The van der Waals surface area contributed by atoms with Crippen LogP contribution in [-0.4, -0.2) is 19.8 Å². The molecule has 0 amide bonds. The van der Waals surface area contributed by atoms with Crippen molar-refractivity contribution in [1.82, 2.24) is 8.75 Å². The van der Waals surface area contributed by atoms with Crippen molar-refractivity contribution in [3.8, 4) is 71.5 Å². The number of nitriles is 1. The van der Waals surface area contributed by atoms with Gasteiger partial charge in [0.15, 0.2) is 0 Å². The number of rotatable bonds is 18. The first kappa shape index (κ1) is 57.3. The summed E-state index contributed by atoms with van der Waals surface area (Å²) < 4.78 is 10.2. The molecule has 86 heavy (non-hydrogen) atoms. The van der Waals surface area contributed by atoms with Gasteiger partial charge in [0.2, 0.25) is 0 Å². The molecule has 9 heteroatoms. The Morgan fingerprint density at radius 2 is 1.01 bits per heavy atom. The van der Waals surface area contributed by atoms with Crippen molar-refractivity contribution in [2.75, 3.05) is 4.90 Å². The van der Waals surface area contributed by atoms with Crippen molar-refractivity contribution in [2.24, 2.45) is 0 Å².